The molecule has 81 valence electrons. The molecule has 0 amide bonds. The molecule has 0 bridgehead atoms. The van der Waals surface area contributed by atoms with Crippen LogP contribution in [0.1, 0.15) is 20.3 Å². The average Bonchev–Trinajstić information content (AvgIpc) is 2.28. The van der Waals surface area contributed by atoms with Crippen molar-refractivity contribution < 1.29 is 14.3 Å². The minimum absolute atomic E-state index is 0.535. The quantitative estimate of drug-likeness (QED) is 0.718. The fourth-order valence-electron chi connectivity index (χ4n) is 1.06. The van der Waals surface area contributed by atoms with E-state index in [1.54, 1.807) is 25.3 Å². The Labute approximate surface area is 90.0 Å². The first-order chi connectivity index (χ1) is 7.26. The highest BCUT2D eigenvalue weighted by molar-refractivity contribution is 5.57. The highest BCUT2D eigenvalue weighted by Gasteiger charge is 2.02. The van der Waals surface area contributed by atoms with E-state index in [-0.39, 0.29) is 0 Å². The van der Waals surface area contributed by atoms with E-state index in [0.29, 0.717) is 12.4 Å². The average molecular weight is 207 g/mol. The Hall–Kier alpha value is -1.51. The number of rotatable bonds is 6. The molecule has 0 aliphatic rings. The number of hydrogen-bond donors (Lipinski definition) is 0. The Bertz CT molecular complexity index is 292. The van der Waals surface area contributed by atoms with Gasteiger partial charge in [0.05, 0.1) is 6.61 Å². The Morgan fingerprint density at radius 1 is 1.27 bits per heavy atom. The van der Waals surface area contributed by atoms with E-state index in [9.17, 15) is 4.79 Å². The van der Waals surface area contributed by atoms with Gasteiger partial charge >= 0.3 is 0 Å². The maximum absolute atomic E-state index is 10.2. The topological polar surface area (TPSA) is 35.5 Å². The first-order valence-electron chi connectivity index (χ1n) is 5.03. The zero-order valence-electron chi connectivity index (χ0n) is 9.03. The van der Waals surface area contributed by atoms with Gasteiger partial charge in [-0.1, -0.05) is 6.92 Å². The Morgan fingerprint density at radius 3 is 2.40 bits per heavy atom. The van der Waals surface area contributed by atoms with Crippen LogP contribution in [-0.2, 0) is 4.79 Å². The van der Waals surface area contributed by atoms with Crippen molar-refractivity contribution in [3.63, 3.8) is 0 Å². The van der Waals surface area contributed by atoms with Crippen LogP contribution in [0.15, 0.2) is 24.3 Å². The van der Waals surface area contributed by atoms with E-state index < -0.39 is 6.10 Å². The highest BCUT2D eigenvalue weighted by atomic mass is 16.5. The summed E-state index contributed by atoms with van der Waals surface area (Å²) in [7, 11) is 0. The third kappa shape index (κ3) is 4.02. The van der Waals surface area contributed by atoms with Crippen LogP contribution in [0.3, 0.4) is 0 Å². The molecule has 0 N–H and O–H groups in total. The Balaban J connectivity index is 2.52. The lowest BCUT2D eigenvalue weighted by Gasteiger charge is -2.09. The van der Waals surface area contributed by atoms with Crippen LogP contribution >= 0.6 is 0 Å². The summed E-state index contributed by atoms with van der Waals surface area (Å²) in [5.41, 5.74) is 0. The first-order valence-corrected chi connectivity index (χ1v) is 5.03. The van der Waals surface area contributed by atoms with Gasteiger partial charge in [0.1, 0.15) is 11.5 Å². The van der Waals surface area contributed by atoms with Crippen molar-refractivity contribution in [2.45, 2.75) is 26.4 Å². The predicted octanol–water partition coefficient (Wildman–Crippen LogP) is 2.35. The molecule has 1 aromatic rings. The number of hydrogen-bond acceptors (Lipinski definition) is 3. The van der Waals surface area contributed by atoms with Gasteiger partial charge in [-0.2, -0.15) is 0 Å². The zero-order valence-corrected chi connectivity index (χ0v) is 9.03. The lowest BCUT2D eigenvalue weighted by Crippen LogP contribution is -2.12. The molecule has 3 heteroatoms. The summed E-state index contributed by atoms with van der Waals surface area (Å²) in [6, 6.07) is 7.20. The van der Waals surface area contributed by atoms with E-state index >= 15 is 0 Å². The monoisotopic (exact) mass is 207 g/mol. The Kier molecular flexibility index (Phi) is 4.68. The van der Waals surface area contributed by atoms with Crippen molar-refractivity contribution >= 4 is 6.29 Å². The molecule has 0 aromatic heterocycles. The maximum atomic E-state index is 10.2. The molecule has 3 nitrogen and oxygen atoms in total. The molecule has 0 fully saturated rings. The second-order valence-electron chi connectivity index (χ2n) is 3.20. The van der Waals surface area contributed by atoms with Crippen molar-refractivity contribution in [2.75, 3.05) is 6.61 Å². The number of ether oxygens (including phenoxy) is 2. The van der Waals surface area contributed by atoms with Crippen LogP contribution in [0.5, 0.6) is 11.5 Å². The molecule has 0 saturated heterocycles. The van der Waals surface area contributed by atoms with Crippen LogP contribution in [-0.4, -0.2) is 19.0 Å². The van der Waals surface area contributed by atoms with Crippen molar-refractivity contribution in [2.24, 2.45) is 0 Å². The Morgan fingerprint density at radius 2 is 1.87 bits per heavy atom. The van der Waals surface area contributed by atoms with E-state index in [2.05, 4.69) is 6.92 Å². The second kappa shape index (κ2) is 6.06. The number of carbonyl (C=O) groups excluding carboxylic acids is 1. The molecule has 15 heavy (non-hydrogen) atoms. The minimum Gasteiger partial charge on any atom is -0.494 e. The standard InChI is InChI=1S/C12H15O3/c1-3-8-14-11-4-6-12(7-5-11)15-10(2)9-13/h4-7,10H,3,8H2,1-2H3. The molecule has 0 aliphatic heterocycles. The molecule has 1 aromatic carbocycles. The molecular formula is C12H15O3. The second-order valence-corrected chi connectivity index (χ2v) is 3.20. The molecule has 1 rings (SSSR count). The molecule has 0 heterocycles. The van der Waals surface area contributed by atoms with Crippen molar-refractivity contribution in [1.82, 2.24) is 0 Å². The van der Waals surface area contributed by atoms with Crippen molar-refractivity contribution in [3.05, 3.63) is 24.3 Å². The summed E-state index contributed by atoms with van der Waals surface area (Å²) in [6.07, 6.45) is 2.21. The van der Waals surface area contributed by atoms with Crippen LogP contribution < -0.4 is 9.47 Å². The largest absolute Gasteiger partial charge is 0.494 e. The molecule has 1 atom stereocenters. The normalized spacial score (nSPS) is 11.9. The molecule has 1 radical (unpaired) electrons. The molecule has 1 unspecified atom stereocenters. The van der Waals surface area contributed by atoms with Gasteiger partial charge in [-0.15, -0.1) is 0 Å². The molecule has 0 aliphatic carbocycles. The fourth-order valence-corrected chi connectivity index (χ4v) is 1.06. The zero-order chi connectivity index (χ0) is 11.1. The molecule has 0 saturated carbocycles. The third-order valence-corrected chi connectivity index (χ3v) is 1.78. The van der Waals surface area contributed by atoms with Crippen molar-refractivity contribution in [1.29, 1.82) is 0 Å². The van der Waals surface area contributed by atoms with Crippen LogP contribution in [0.25, 0.3) is 0 Å². The van der Waals surface area contributed by atoms with Gasteiger partial charge in [0, 0.05) is 0 Å². The van der Waals surface area contributed by atoms with Gasteiger partial charge in [-0.05, 0) is 37.6 Å². The lowest BCUT2D eigenvalue weighted by molar-refractivity contribution is 0.277. The van der Waals surface area contributed by atoms with Crippen LogP contribution in [0.2, 0.25) is 0 Å². The fraction of sp³-hybridized carbons (Fsp3) is 0.417. The van der Waals surface area contributed by atoms with Crippen LogP contribution in [0, 0.1) is 0 Å². The summed E-state index contributed by atoms with van der Waals surface area (Å²) < 4.78 is 10.7. The van der Waals surface area contributed by atoms with E-state index in [1.165, 1.54) is 0 Å². The highest BCUT2D eigenvalue weighted by Crippen LogP contribution is 2.18. The minimum atomic E-state index is -0.535. The van der Waals surface area contributed by atoms with E-state index in [1.807, 2.05) is 12.1 Å². The van der Waals surface area contributed by atoms with Crippen molar-refractivity contribution in [3.8, 4) is 11.5 Å². The van der Waals surface area contributed by atoms with Gasteiger partial charge < -0.3 is 9.47 Å². The van der Waals surface area contributed by atoms with E-state index in [0.717, 1.165) is 12.2 Å². The smallest absolute Gasteiger partial charge is 0.242 e. The van der Waals surface area contributed by atoms with Gasteiger partial charge in [0.2, 0.25) is 6.29 Å². The number of benzene rings is 1. The first kappa shape index (κ1) is 11.6. The van der Waals surface area contributed by atoms with Gasteiger partial charge in [0.15, 0.2) is 6.10 Å². The molecular weight excluding hydrogens is 192 g/mol. The molecule has 0 spiro atoms. The summed E-state index contributed by atoms with van der Waals surface area (Å²) in [5, 5.41) is 0. The SMILES string of the molecule is CCCOc1ccc(OC(C)[C]=O)cc1. The maximum Gasteiger partial charge on any atom is 0.242 e. The van der Waals surface area contributed by atoms with Gasteiger partial charge in [-0.25, -0.2) is 0 Å². The summed E-state index contributed by atoms with van der Waals surface area (Å²) in [6.45, 7) is 4.41. The van der Waals surface area contributed by atoms with Gasteiger partial charge in [-0.3, -0.25) is 4.79 Å². The van der Waals surface area contributed by atoms with Crippen LogP contribution in [0.4, 0.5) is 0 Å². The van der Waals surface area contributed by atoms with E-state index in [4.69, 9.17) is 9.47 Å². The van der Waals surface area contributed by atoms with Gasteiger partial charge in [0.25, 0.3) is 0 Å². The summed E-state index contributed by atoms with van der Waals surface area (Å²) >= 11 is 0. The summed E-state index contributed by atoms with van der Waals surface area (Å²) in [4.78, 5) is 10.2. The predicted molar refractivity (Wildman–Crippen MR) is 58.0 cm³/mol. The summed E-state index contributed by atoms with van der Waals surface area (Å²) in [5.74, 6) is 1.46. The lowest BCUT2D eigenvalue weighted by atomic mass is 10.3. The third-order valence-electron chi connectivity index (χ3n) is 1.78.